The Morgan fingerprint density at radius 3 is 2.48 bits per heavy atom. The molecule has 8 heteroatoms. The van der Waals surface area contributed by atoms with E-state index in [1.807, 2.05) is 0 Å². The Morgan fingerprint density at radius 1 is 1.04 bits per heavy atom. The van der Waals surface area contributed by atoms with Crippen molar-refractivity contribution in [1.82, 2.24) is 4.98 Å². The van der Waals surface area contributed by atoms with Gasteiger partial charge in [-0.25, -0.2) is 4.98 Å². The zero-order valence-corrected chi connectivity index (χ0v) is 15.7. The van der Waals surface area contributed by atoms with Crippen molar-refractivity contribution in [3.8, 4) is 0 Å². The van der Waals surface area contributed by atoms with Gasteiger partial charge in [-0.1, -0.05) is 23.7 Å². The normalized spacial score (nSPS) is 10.3. The van der Waals surface area contributed by atoms with Crippen molar-refractivity contribution in [2.45, 2.75) is 6.92 Å². The van der Waals surface area contributed by atoms with E-state index in [0.717, 1.165) is 0 Å². The summed E-state index contributed by atoms with van der Waals surface area (Å²) in [5.74, 6) is -0.580. The van der Waals surface area contributed by atoms with Gasteiger partial charge in [0.2, 0.25) is 0 Å². The SMILES string of the molecule is CC(=O)c1csc(C(=O)Nc2ccccc2C(=O)Nc2ccc(Cl)cn2)c1. The standard InChI is InChI=1S/C19H14ClN3O3S/c1-11(24)12-8-16(27-10-12)19(26)22-15-5-3-2-4-14(15)18(25)23-17-7-6-13(20)9-21-17/h2-10H,1H3,(H,22,26)(H,21,23,25). The molecule has 0 bridgehead atoms. The lowest BCUT2D eigenvalue weighted by atomic mass is 10.1. The van der Waals surface area contributed by atoms with Crippen LogP contribution >= 0.6 is 22.9 Å². The van der Waals surface area contributed by atoms with Gasteiger partial charge < -0.3 is 10.6 Å². The number of pyridine rings is 1. The molecule has 0 fully saturated rings. The van der Waals surface area contributed by atoms with Crippen LogP contribution in [0.5, 0.6) is 0 Å². The lowest BCUT2D eigenvalue weighted by Gasteiger charge is -2.10. The van der Waals surface area contributed by atoms with E-state index in [0.29, 0.717) is 27.0 Å². The molecule has 0 saturated heterocycles. The van der Waals surface area contributed by atoms with Crippen molar-refractivity contribution in [3.05, 3.63) is 75.1 Å². The van der Waals surface area contributed by atoms with Gasteiger partial charge in [0, 0.05) is 17.1 Å². The number of ketones is 1. The topological polar surface area (TPSA) is 88.2 Å². The number of nitrogens with one attached hydrogen (secondary N) is 2. The highest BCUT2D eigenvalue weighted by Crippen LogP contribution is 2.21. The molecule has 0 saturated carbocycles. The molecule has 0 aliphatic carbocycles. The van der Waals surface area contributed by atoms with Crippen molar-refractivity contribution in [1.29, 1.82) is 0 Å². The molecule has 3 rings (SSSR count). The summed E-state index contributed by atoms with van der Waals surface area (Å²) in [6, 6.07) is 11.3. The number of benzene rings is 1. The summed E-state index contributed by atoms with van der Waals surface area (Å²) in [6.07, 6.45) is 1.42. The van der Waals surface area contributed by atoms with E-state index >= 15 is 0 Å². The molecule has 6 nitrogen and oxygen atoms in total. The van der Waals surface area contributed by atoms with Gasteiger partial charge in [0.25, 0.3) is 11.8 Å². The minimum absolute atomic E-state index is 0.111. The Morgan fingerprint density at radius 2 is 1.81 bits per heavy atom. The average molecular weight is 400 g/mol. The highest BCUT2D eigenvalue weighted by Gasteiger charge is 2.16. The second-order valence-electron chi connectivity index (χ2n) is 5.57. The summed E-state index contributed by atoms with van der Waals surface area (Å²) < 4.78 is 0. The van der Waals surface area contributed by atoms with Crippen LogP contribution in [0.2, 0.25) is 5.02 Å². The lowest BCUT2D eigenvalue weighted by Crippen LogP contribution is -2.18. The van der Waals surface area contributed by atoms with E-state index in [1.54, 1.807) is 41.8 Å². The number of nitrogens with zero attached hydrogens (tertiary/aromatic N) is 1. The number of hydrogen-bond donors (Lipinski definition) is 2. The first-order valence-electron chi connectivity index (χ1n) is 7.87. The van der Waals surface area contributed by atoms with E-state index in [2.05, 4.69) is 15.6 Å². The molecular weight excluding hydrogens is 386 g/mol. The first-order chi connectivity index (χ1) is 12.9. The number of rotatable bonds is 5. The number of hydrogen-bond acceptors (Lipinski definition) is 5. The molecule has 2 N–H and O–H groups in total. The third kappa shape index (κ3) is 4.58. The average Bonchev–Trinajstić information content (AvgIpc) is 3.15. The second-order valence-corrected chi connectivity index (χ2v) is 6.92. The van der Waals surface area contributed by atoms with E-state index in [4.69, 9.17) is 11.6 Å². The number of carbonyl (C=O) groups excluding carboxylic acids is 3. The maximum absolute atomic E-state index is 12.6. The zero-order chi connectivity index (χ0) is 19.4. The molecule has 0 aliphatic heterocycles. The van der Waals surface area contributed by atoms with Crippen molar-refractivity contribution < 1.29 is 14.4 Å². The molecule has 136 valence electrons. The highest BCUT2D eigenvalue weighted by molar-refractivity contribution is 7.12. The zero-order valence-electron chi connectivity index (χ0n) is 14.2. The number of carbonyl (C=O) groups is 3. The molecule has 2 amide bonds. The summed E-state index contributed by atoms with van der Waals surface area (Å²) >= 11 is 6.95. The highest BCUT2D eigenvalue weighted by atomic mass is 35.5. The van der Waals surface area contributed by atoms with Gasteiger partial charge in [-0.15, -0.1) is 11.3 Å². The van der Waals surface area contributed by atoms with Crippen LogP contribution in [0.4, 0.5) is 11.5 Å². The Labute approximate surface area is 164 Å². The molecule has 0 unspecified atom stereocenters. The molecule has 0 aliphatic rings. The van der Waals surface area contributed by atoms with Gasteiger partial charge in [0.05, 0.1) is 21.2 Å². The number of thiophene rings is 1. The lowest BCUT2D eigenvalue weighted by molar-refractivity contribution is 0.101. The molecule has 0 atom stereocenters. The smallest absolute Gasteiger partial charge is 0.265 e. The number of aromatic nitrogens is 1. The monoisotopic (exact) mass is 399 g/mol. The van der Waals surface area contributed by atoms with Crippen LogP contribution in [-0.2, 0) is 0 Å². The van der Waals surface area contributed by atoms with Crippen LogP contribution in [0.3, 0.4) is 0 Å². The largest absolute Gasteiger partial charge is 0.321 e. The number of para-hydroxylation sites is 1. The fourth-order valence-electron chi connectivity index (χ4n) is 2.25. The fourth-order valence-corrected chi connectivity index (χ4v) is 3.20. The molecule has 1 aromatic carbocycles. The second kappa shape index (κ2) is 8.11. The summed E-state index contributed by atoms with van der Waals surface area (Å²) in [6.45, 7) is 1.44. The van der Waals surface area contributed by atoms with Gasteiger partial charge in [-0.05, 0) is 37.3 Å². The van der Waals surface area contributed by atoms with Crippen molar-refractivity contribution in [2.24, 2.45) is 0 Å². The van der Waals surface area contributed by atoms with Crippen LogP contribution < -0.4 is 10.6 Å². The van der Waals surface area contributed by atoms with E-state index in [9.17, 15) is 14.4 Å². The van der Waals surface area contributed by atoms with Crippen LogP contribution in [0, 0.1) is 0 Å². The quantitative estimate of drug-likeness (QED) is 0.618. The molecule has 3 aromatic rings. The first-order valence-corrected chi connectivity index (χ1v) is 9.12. The Balaban J connectivity index is 1.78. The number of amides is 2. The van der Waals surface area contributed by atoms with E-state index < -0.39 is 11.8 Å². The molecule has 0 radical (unpaired) electrons. The molecular formula is C19H14ClN3O3S. The summed E-state index contributed by atoms with van der Waals surface area (Å²) in [4.78, 5) is 40.8. The predicted molar refractivity (Wildman–Crippen MR) is 106 cm³/mol. The summed E-state index contributed by atoms with van der Waals surface area (Å²) in [5, 5.41) is 7.46. The van der Waals surface area contributed by atoms with Gasteiger partial charge in [0.15, 0.2) is 5.78 Å². The van der Waals surface area contributed by atoms with Crippen molar-refractivity contribution >= 4 is 52.0 Å². The maximum atomic E-state index is 12.6. The Hall–Kier alpha value is -3.03. The first kappa shape index (κ1) is 18.8. The third-order valence-corrected chi connectivity index (χ3v) is 4.77. The van der Waals surface area contributed by atoms with Crippen molar-refractivity contribution in [3.63, 3.8) is 0 Å². The minimum Gasteiger partial charge on any atom is -0.321 e. The maximum Gasteiger partial charge on any atom is 0.265 e. The minimum atomic E-state index is -0.420. The fraction of sp³-hybridized carbons (Fsp3) is 0.0526. The molecule has 2 aromatic heterocycles. The van der Waals surface area contributed by atoms with Crippen LogP contribution in [0.25, 0.3) is 0 Å². The van der Waals surface area contributed by atoms with Gasteiger partial charge in [0.1, 0.15) is 5.82 Å². The molecule has 0 spiro atoms. The van der Waals surface area contributed by atoms with Crippen LogP contribution in [0.1, 0.15) is 37.3 Å². The number of Topliss-reactive ketones (excluding diaryl/α,β-unsaturated/α-hetero) is 1. The van der Waals surface area contributed by atoms with Crippen molar-refractivity contribution in [2.75, 3.05) is 10.6 Å². The van der Waals surface area contributed by atoms with Crippen LogP contribution in [0.15, 0.2) is 54.0 Å². The van der Waals surface area contributed by atoms with Gasteiger partial charge >= 0.3 is 0 Å². The Kier molecular flexibility index (Phi) is 5.63. The Bertz CT molecular complexity index is 1020. The molecule has 2 heterocycles. The van der Waals surface area contributed by atoms with Gasteiger partial charge in [-0.3, -0.25) is 14.4 Å². The third-order valence-electron chi connectivity index (χ3n) is 3.62. The predicted octanol–water partition coefficient (Wildman–Crippen LogP) is 4.50. The van der Waals surface area contributed by atoms with Crippen LogP contribution in [-0.4, -0.2) is 22.6 Å². The number of anilines is 2. The number of halogens is 1. The van der Waals surface area contributed by atoms with Gasteiger partial charge in [-0.2, -0.15) is 0 Å². The van der Waals surface area contributed by atoms with E-state index in [1.165, 1.54) is 30.5 Å². The van der Waals surface area contributed by atoms with E-state index in [-0.39, 0.29) is 11.3 Å². The summed E-state index contributed by atoms with van der Waals surface area (Å²) in [5.41, 5.74) is 1.11. The molecule has 27 heavy (non-hydrogen) atoms. The summed E-state index contributed by atoms with van der Waals surface area (Å²) in [7, 11) is 0.